The summed E-state index contributed by atoms with van der Waals surface area (Å²) in [7, 11) is 1.93. The van der Waals surface area contributed by atoms with Gasteiger partial charge in [-0.15, -0.1) is 12.4 Å². The lowest BCUT2D eigenvalue weighted by Gasteiger charge is -2.27. The van der Waals surface area contributed by atoms with E-state index >= 15 is 0 Å². The molecular formula is C24H34ClN3O3S. The number of likely N-dealkylation sites (N-methyl/N-ethyl adjacent to an activating group) is 1. The zero-order valence-corrected chi connectivity index (χ0v) is 20.3. The Hall–Kier alpha value is -2.06. The second-order valence-corrected chi connectivity index (χ2v) is 8.68. The van der Waals surface area contributed by atoms with Crippen molar-refractivity contribution in [2.24, 2.45) is 5.73 Å². The number of nitrogens with zero attached hydrogens (tertiary/aromatic N) is 1. The molecule has 0 aliphatic carbocycles. The SMILES string of the molecule is CSCC[C@H](C(=O)NC(=O)[C@@H](N)Cc1ccc(O)cc1)N(C)CCCc1ccccc1.Cl. The summed E-state index contributed by atoms with van der Waals surface area (Å²) in [4.78, 5) is 27.4. The average molecular weight is 480 g/mol. The molecule has 4 N–H and O–H groups in total. The molecule has 0 saturated carbocycles. The average Bonchev–Trinajstić information content (AvgIpc) is 2.76. The van der Waals surface area contributed by atoms with Gasteiger partial charge in [0.25, 0.3) is 0 Å². The van der Waals surface area contributed by atoms with Gasteiger partial charge in [0.1, 0.15) is 5.75 Å². The molecule has 2 rings (SSSR count). The van der Waals surface area contributed by atoms with E-state index in [1.165, 1.54) is 5.56 Å². The van der Waals surface area contributed by atoms with Crippen molar-refractivity contribution in [3.63, 3.8) is 0 Å². The molecule has 0 bridgehead atoms. The van der Waals surface area contributed by atoms with Crippen molar-refractivity contribution in [1.29, 1.82) is 0 Å². The van der Waals surface area contributed by atoms with Crippen LogP contribution in [0.15, 0.2) is 54.6 Å². The topological polar surface area (TPSA) is 95.7 Å². The predicted molar refractivity (Wildman–Crippen MR) is 134 cm³/mol. The molecule has 6 nitrogen and oxygen atoms in total. The first-order chi connectivity index (χ1) is 14.9. The number of nitrogens with two attached hydrogens (primary N) is 1. The number of aromatic hydroxyl groups is 1. The Balaban J connectivity index is 0.00000512. The van der Waals surface area contributed by atoms with Gasteiger partial charge in [0.15, 0.2) is 0 Å². The number of carbonyl (C=O) groups is 2. The molecule has 8 heteroatoms. The number of phenols is 1. The number of thioether (sulfide) groups is 1. The largest absolute Gasteiger partial charge is 0.508 e. The maximum atomic E-state index is 12.9. The predicted octanol–water partition coefficient (Wildman–Crippen LogP) is 3.01. The van der Waals surface area contributed by atoms with E-state index in [4.69, 9.17) is 5.73 Å². The molecule has 2 atom stereocenters. The van der Waals surface area contributed by atoms with Gasteiger partial charge in [0, 0.05) is 0 Å². The third-order valence-corrected chi connectivity index (χ3v) is 5.87. The molecule has 2 aromatic carbocycles. The van der Waals surface area contributed by atoms with Crippen molar-refractivity contribution >= 4 is 36.0 Å². The number of aryl methyl sites for hydroxylation is 1. The van der Waals surface area contributed by atoms with Gasteiger partial charge in [-0.05, 0) is 74.5 Å². The van der Waals surface area contributed by atoms with Crippen LogP contribution in [0.25, 0.3) is 0 Å². The number of nitrogens with one attached hydrogen (secondary N) is 1. The summed E-state index contributed by atoms with van der Waals surface area (Å²) in [5, 5.41) is 11.9. The standard InChI is InChI=1S/C24H33N3O3S.ClH/c1-27(15-6-9-18-7-4-3-5-8-18)22(14-16-31-2)24(30)26-23(29)21(25)17-19-10-12-20(28)13-11-19;/h3-5,7-8,10-13,21-22,28H,6,9,14-17,25H2,1-2H3,(H,26,29,30);1H/t21-,22+;/m0./s1. The maximum Gasteiger partial charge on any atom is 0.243 e. The van der Waals surface area contributed by atoms with E-state index in [-0.39, 0.29) is 30.1 Å². The first-order valence-electron chi connectivity index (χ1n) is 10.5. The Labute approximate surface area is 201 Å². The number of hydrogen-bond acceptors (Lipinski definition) is 6. The molecule has 0 heterocycles. The van der Waals surface area contributed by atoms with Crippen LogP contribution in [0.4, 0.5) is 0 Å². The van der Waals surface area contributed by atoms with Crippen LogP contribution in [0.5, 0.6) is 5.75 Å². The van der Waals surface area contributed by atoms with Crippen molar-refractivity contribution < 1.29 is 14.7 Å². The maximum absolute atomic E-state index is 12.9. The summed E-state index contributed by atoms with van der Waals surface area (Å²) in [5.74, 6) is 0.200. The van der Waals surface area contributed by atoms with E-state index in [2.05, 4.69) is 17.4 Å². The van der Waals surface area contributed by atoms with Crippen LogP contribution in [-0.2, 0) is 22.4 Å². The summed E-state index contributed by atoms with van der Waals surface area (Å²) in [6.07, 6.45) is 4.83. The van der Waals surface area contributed by atoms with Gasteiger partial charge in [0.2, 0.25) is 11.8 Å². The Morgan fingerprint density at radius 3 is 2.34 bits per heavy atom. The fraction of sp³-hybridized carbons (Fsp3) is 0.417. The molecule has 2 amide bonds. The summed E-state index contributed by atoms with van der Waals surface area (Å²) in [6.45, 7) is 0.759. The van der Waals surface area contributed by atoms with Crippen LogP contribution in [0.3, 0.4) is 0 Å². The molecule has 0 aromatic heterocycles. The number of hydrogen-bond donors (Lipinski definition) is 3. The first kappa shape index (κ1) is 28.0. The quantitative estimate of drug-likeness (QED) is 0.433. The number of benzene rings is 2. The van der Waals surface area contributed by atoms with E-state index in [0.717, 1.165) is 30.7 Å². The van der Waals surface area contributed by atoms with E-state index in [9.17, 15) is 14.7 Å². The first-order valence-corrected chi connectivity index (χ1v) is 11.9. The van der Waals surface area contributed by atoms with Gasteiger partial charge in [-0.1, -0.05) is 42.5 Å². The Bertz CT molecular complexity index is 821. The number of carbonyl (C=O) groups excluding carboxylic acids is 2. The molecule has 0 aliphatic rings. The van der Waals surface area contributed by atoms with E-state index in [1.54, 1.807) is 36.0 Å². The Morgan fingerprint density at radius 2 is 1.72 bits per heavy atom. The van der Waals surface area contributed by atoms with Gasteiger partial charge < -0.3 is 10.8 Å². The summed E-state index contributed by atoms with van der Waals surface area (Å²) in [6, 6.07) is 15.6. The van der Waals surface area contributed by atoms with Crippen molar-refractivity contribution in [2.45, 2.75) is 37.8 Å². The molecule has 0 radical (unpaired) electrons. The van der Waals surface area contributed by atoms with Crippen molar-refractivity contribution in [1.82, 2.24) is 10.2 Å². The molecule has 32 heavy (non-hydrogen) atoms. The molecule has 0 spiro atoms. The third-order valence-electron chi connectivity index (χ3n) is 5.22. The van der Waals surface area contributed by atoms with Gasteiger partial charge in [-0.2, -0.15) is 11.8 Å². The van der Waals surface area contributed by atoms with E-state index in [0.29, 0.717) is 12.8 Å². The van der Waals surface area contributed by atoms with Crippen LogP contribution in [0, 0.1) is 0 Å². The minimum absolute atomic E-state index is 0. The molecule has 0 unspecified atom stereocenters. The highest BCUT2D eigenvalue weighted by Crippen LogP contribution is 2.12. The summed E-state index contributed by atoms with van der Waals surface area (Å²) in [5.41, 5.74) is 8.11. The van der Waals surface area contributed by atoms with E-state index in [1.807, 2.05) is 36.4 Å². The minimum atomic E-state index is -0.835. The van der Waals surface area contributed by atoms with Crippen LogP contribution in [0.1, 0.15) is 24.0 Å². The second kappa shape index (κ2) is 14.9. The van der Waals surface area contributed by atoms with Gasteiger partial charge in [-0.25, -0.2) is 0 Å². The lowest BCUT2D eigenvalue weighted by atomic mass is 10.1. The fourth-order valence-electron chi connectivity index (χ4n) is 3.39. The lowest BCUT2D eigenvalue weighted by Crippen LogP contribution is -2.52. The van der Waals surface area contributed by atoms with E-state index < -0.39 is 11.9 Å². The zero-order valence-electron chi connectivity index (χ0n) is 18.7. The van der Waals surface area contributed by atoms with Crippen LogP contribution >= 0.6 is 24.2 Å². The van der Waals surface area contributed by atoms with Gasteiger partial charge >= 0.3 is 0 Å². The van der Waals surface area contributed by atoms with Crippen LogP contribution in [-0.4, -0.2) is 59.5 Å². The monoisotopic (exact) mass is 479 g/mol. The molecule has 0 aliphatic heterocycles. The number of halogens is 1. The highest BCUT2D eigenvalue weighted by molar-refractivity contribution is 7.98. The van der Waals surface area contributed by atoms with Gasteiger partial charge in [0.05, 0.1) is 12.1 Å². The third kappa shape index (κ3) is 9.61. The van der Waals surface area contributed by atoms with Crippen LogP contribution in [0.2, 0.25) is 0 Å². The van der Waals surface area contributed by atoms with Crippen molar-refractivity contribution in [3.8, 4) is 5.75 Å². The summed E-state index contributed by atoms with van der Waals surface area (Å²) >= 11 is 1.68. The fourth-order valence-corrected chi connectivity index (χ4v) is 3.85. The summed E-state index contributed by atoms with van der Waals surface area (Å²) < 4.78 is 0. The Morgan fingerprint density at radius 1 is 1.06 bits per heavy atom. The zero-order chi connectivity index (χ0) is 22.6. The molecular weight excluding hydrogens is 446 g/mol. The highest BCUT2D eigenvalue weighted by atomic mass is 35.5. The number of phenolic OH excluding ortho intramolecular Hbond substituents is 1. The van der Waals surface area contributed by atoms with Crippen molar-refractivity contribution in [2.75, 3.05) is 25.6 Å². The highest BCUT2D eigenvalue weighted by Gasteiger charge is 2.26. The molecule has 0 saturated heterocycles. The normalized spacial score (nSPS) is 12.6. The molecule has 2 aromatic rings. The Kier molecular flexibility index (Phi) is 13.0. The van der Waals surface area contributed by atoms with Gasteiger partial charge in [-0.3, -0.25) is 19.8 Å². The number of imide groups is 1. The number of rotatable bonds is 12. The molecule has 176 valence electrons. The number of amides is 2. The minimum Gasteiger partial charge on any atom is -0.508 e. The van der Waals surface area contributed by atoms with Crippen molar-refractivity contribution in [3.05, 3.63) is 65.7 Å². The molecule has 0 fully saturated rings. The smallest absolute Gasteiger partial charge is 0.243 e. The van der Waals surface area contributed by atoms with Crippen LogP contribution < -0.4 is 11.1 Å². The second-order valence-electron chi connectivity index (χ2n) is 7.70. The lowest BCUT2D eigenvalue weighted by molar-refractivity contribution is -0.134.